The Hall–Kier alpha value is -3.35. The Labute approximate surface area is 192 Å². The maximum Gasteiger partial charge on any atom is 0.573 e. The summed E-state index contributed by atoms with van der Waals surface area (Å²) in [4.78, 5) is 14.0. The van der Waals surface area contributed by atoms with E-state index in [1.807, 2.05) is 0 Å². The minimum absolute atomic E-state index is 0.135. The third-order valence-corrected chi connectivity index (χ3v) is 5.51. The monoisotopic (exact) mass is 508 g/mol. The summed E-state index contributed by atoms with van der Waals surface area (Å²) in [6.07, 6.45) is -8.71. The quantitative estimate of drug-likeness (QED) is 0.440. The zero-order valence-corrected chi connectivity index (χ0v) is 17.9. The molecule has 0 saturated heterocycles. The molecular weight excluding hydrogens is 494 g/mol. The lowest BCUT2D eigenvalue weighted by atomic mass is 10.0. The van der Waals surface area contributed by atoms with Crippen molar-refractivity contribution in [3.63, 3.8) is 0 Å². The molecule has 0 fully saturated rings. The fourth-order valence-electron chi connectivity index (χ4n) is 3.55. The van der Waals surface area contributed by atoms with Crippen LogP contribution in [0.25, 0.3) is 0 Å². The third kappa shape index (κ3) is 4.65. The van der Waals surface area contributed by atoms with Crippen LogP contribution in [0.2, 0.25) is 5.02 Å². The van der Waals surface area contributed by atoms with Crippen LogP contribution in [0.3, 0.4) is 0 Å². The van der Waals surface area contributed by atoms with Crippen LogP contribution >= 0.6 is 11.6 Å². The highest BCUT2D eigenvalue weighted by molar-refractivity contribution is 6.36. The second-order valence-corrected chi connectivity index (χ2v) is 7.75. The van der Waals surface area contributed by atoms with Gasteiger partial charge in [-0.25, -0.2) is 4.68 Å². The summed E-state index contributed by atoms with van der Waals surface area (Å²) in [5, 5.41) is 6.33. The van der Waals surface area contributed by atoms with Gasteiger partial charge in [0.05, 0.1) is 12.3 Å². The molecule has 0 bridgehead atoms. The van der Waals surface area contributed by atoms with Gasteiger partial charge in [-0.3, -0.25) is 4.79 Å². The van der Waals surface area contributed by atoms with Gasteiger partial charge in [0.1, 0.15) is 22.4 Å². The van der Waals surface area contributed by atoms with E-state index in [0.29, 0.717) is 4.68 Å². The number of nitrogens with one attached hydrogen (secondary N) is 1. The van der Waals surface area contributed by atoms with E-state index in [1.54, 1.807) is 0 Å². The van der Waals surface area contributed by atoms with Crippen molar-refractivity contribution in [2.24, 2.45) is 0 Å². The zero-order valence-electron chi connectivity index (χ0n) is 17.1. The standard InChI is InChI=1S/C20H15ClF6N4O3/c1-30(10-4-6-11(7-5-10)34-20(25,26)27)18(32)16-15(21)17-28-12(13-3-2-8-33-13)9-14(19(22,23)24)31(17)29-16/h2-8,12,14,28H,9H2,1H3. The van der Waals surface area contributed by atoms with Crippen molar-refractivity contribution in [2.45, 2.75) is 31.0 Å². The molecule has 1 aliphatic rings. The van der Waals surface area contributed by atoms with Crippen molar-refractivity contribution in [1.82, 2.24) is 9.78 Å². The summed E-state index contributed by atoms with van der Waals surface area (Å²) < 4.78 is 88.0. The average Bonchev–Trinajstić information content (AvgIpc) is 3.39. The van der Waals surface area contributed by atoms with Gasteiger partial charge in [-0.05, 0) is 36.4 Å². The molecule has 14 heteroatoms. The van der Waals surface area contributed by atoms with Crippen LogP contribution in [-0.2, 0) is 0 Å². The Morgan fingerprint density at radius 2 is 1.88 bits per heavy atom. The van der Waals surface area contributed by atoms with Gasteiger partial charge in [0, 0.05) is 19.2 Å². The van der Waals surface area contributed by atoms with Gasteiger partial charge in [0.25, 0.3) is 5.91 Å². The van der Waals surface area contributed by atoms with Gasteiger partial charge in [-0.2, -0.15) is 18.3 Å². The first-order valence-corrected chi connectivity index (χ1v) is 10.0. The van der Waals surface area contributed by atoms with Crippen LogP contribution in [0.15, 0.2) is 47.1 Å². The molecule has 0 saturated carbocycles. The van der Waals surface area contributed by atoms with Gasteiger partial charge in [-0.15, -0.1) is 13.2 Å². The lowest BCUT2D eigenvalue weighted by molar-refractivity contribution is -0.274. The molecule has 34 heavy (non-hydrogen) atoms. The first kappa shape index (κ1) is 23.8. The molecule has 3 heterocycles. The van der Waals surface area contributed by atoms with Crippen LogP contribution in [0.1, 0.15) is 34.8 Å². The summed E-state index contributed by atoms with van der Waals surface area (Å²) in [6, 6.07) is 4.41. The molecule has 1 N–H and O–H groups in total. The molecule has 0 radical (unpaired) electrons. The van der Waals surface area contributed by atoms with Crippen LogP contribution < -0.4 is 15.0 Å². The summed E-state index contributed by atoms with van der Waals surface area (Å²) in [5.41, 5.74) is -0.327. The number of halogens is 7. The number of fused-ring (bicyclic) bond motifs is 1. The molecule has 7 nitrogen and oxygen atoms in total. The Morgan fingerprint density at radius 3 is 2.44 bits per heavy atom. The second kappa shape index (κ2) is 8.46. The normalized spacial score (nSPS) is 18.2. The maximum atomic E-state index is 13.8. The first-order chi connectivity index (χ1) is 15.8. The van der Waals surface area contributed by atoms with E-state index in [4.69, 9.17) is 16.0 Å². The van der Waals surface area contributed by atoms with Gasteiger partial charge < -0.3 is 19.4 Å². The van der Waals surface area contributed by atoms with Gasteiger partial charge in [0.2, 0.25) is 0 Å². The van der Waals surface area contributed by atoms with Gasteiger partial charge >= 0.3 is 12.5 Å². The molecule has 1 aliphatic heterocycles. The summed E-state index contributed by atoms with van der Waals surface area (Å²) in [7, 11) is 1.27. The molecule has 2 atom stereocenters. The maximum absolute atomic E-state index is 13.8. The predicted octanol–water partition coefficient (Wildman–Crippen LogP) is 5.97. The molecule has 3 aromatic rings. The van der Waals surface area contributed by atoms with Gasteiger partial charge in [-0.1, -0.05) is 11.6 Å². The highest BCUT2D eigenvalue weighted by atomic mass is 35.5. The number of hydrogen-bond acceptors (Lipinski definition) is 5. The summed E-state index contributed by atoms with van der Waals surface area (Å²) >= 11 is 6.27. The van der Waals surface area contributed by atoms with E-state index in [0.717, 1.165) is 17.0 Å². The molecule has 1 aromatic carbocycles. The minimum atomic E-state index is -4.89. The third-order valence-electron chi connectivity index (χ3n) is 5.15. The van der Waals surface area contributed by atoms with Crippen LogP contribution in [0.4, 0.5) is 37.8 Å². The van der Waals surface area contributed by atoms with Gasteiger partial charge in [0.15, 0.2) is 11.7 Å². The van der Waals surface area contributed by atoms with Crippen molar-refractivity contribution in [2.75, 3.05) is 17.3 Å². The van der Waals surface area contributed by atoms with Crippen molar-refractivity contribution in [3.05, 3.63) is 59.1 Å². The van der Waals surface area contributed by atoms with E-state index in [1.165, 1.54) is 37.6 Å². The number of rotatable bonds is 4. The van der Waals surface area contributed by atoms with Crippen molar-refractivity contribution >= 4 is 29.0 Å². The molecule has 0 spiro atoms. The fourth-order valence-corrected chi connectivity index (χ4v) is 3.81. The largest absolute Gasteiger partial charge is 0.573 e. The smallest absolute Gasteiger partial charge is 0.467 e. The van der Waals surface area contributed by atoms with Crippen LogP contribution in [0, 0.1) is 0 Å². The molecule has 2 unspecified atom stereocenters. The van der Waals surface area contributed by atoms with Crippen molar-refractivity contribution < 1.29 is 40.3 Å². The Kier molecular flexibility index (Phi) is 5.92. The number of nitrogens with zero attached hydrogens (tertiary/aromatic N) is 3. The van der Waals surface area contributed by atoms with Crippen LogP contribution in [0.5, 0.6) is 5.75 Å². The van der Waals surface area contributed by atoms with Crippen molar-refractivity contribution in [3.8, 4) is 5.75 Å². The predicted molar refractivity (Wildman–Crippen MR) is 108 cm³/mol. The Balaban J connectivity index is 1.64. The molecule has 0 aliphatic carbocycles. The highest BCUT2D eigenvalue weighted by Crippen LogP contribution is 2.46. The van der Waals surface area contributed by atoms with E-state index in [-0.39, 0.29) is 22.3 Å². The number of anilines is 2. The van der Waals surface area contributed by atoms with Crippen molar-refractivity contribution in [1.29, 1.82) is 0 Å². The number of carbonyl (C=O) groups is 1. The topological polar surface area (TPSA) is 72.5 Å². The highest BCUT2D eigenvalue weighted by Gasteiger charge is 2.48. The number of hydrogen-bond donors (Lipinski definition) is 1. The fraction of sp³-hybridized carbons (Fsp3) is 0.300. The Bertz CT molecular complexity index is 1170. The van der Waals surface area contributed by atoms with E-state index in [2.05, 4.69) is 15.2 Å². The molecule has 2 aromatic heterocycles. The first-order valence-electron chi connectivity index (χ1n) is 9.63. The lowest BCUT2D eigenvalue weighted by Crippen LogP contribution is -2.35. The summed E-state index contributed by atoms with van der Waals surface area (Å²) in [6.45, 7) is 0. The number of benzene rings is 1. The molecule has 182 valence electrons. The number of aromatic nitrogens is 2. The van der Waals surface area contributed by atoms with E-state index < -0.39 is 48.4 Å². The average molecular weight is 509 g/mol. The number of furan rings is 1. The number of ether oxygens (including phenoxy) is 1. The minimum Gasteiger partial charge on any atom is -0.467 e. The zero-order chi connectivity index (χ0) is 24.8. The number of carbonyl (C=O) groups excluding carboxylic acids is 1. The SMILES string of the molecule is CN(C(=O)c1nn2c(c1Cl)NC(c1ccco1)CC2C(F)(F)F)c1ccc(OC(F)(F)F)cc1. The second-order valence-electron chi connectivity index (χ2n) is 7.37. The molecular formula is C20H15ClF6N4O3. The summed E-state index contributed by atoms with van der Waals surface area (Å²) in [5.74, 6) is -1.33. The number of amides is 1. The van der Waals surface area contributed by atoms with E-state index >= 15 is 0 Å². The molecule has 1 amide bonds. The molecule has 4 rings (SSSR count). The lowest BCUT2D eigenvalue weighted by Gasteiger charge is -2.32. The Morgan fingerprint density at radius 1 is 1.21 bits per heavy atom. The van der Waals surface area contributed by atoms with Crippen LogP contribution in [-0.4, -0.2) is 35.3 Å². The van der Waals surface area contributed by atoms with E-state index in [9.17, 15) is 31.1 Å². The number of alkyl halides is 6.